The summed E-state index contributed by atoms with van der Waals surface area (Å²) < 4.78 is 33.6. The van der Waals surface area contributed by atoms with Crippen molar-refractivity contribution in [3.8, 4) is 11.6 Å². The molecule has 0 radical (unpaired) electrons. The monoisotopic (exact) mass is 386 g/mol. The lowest BCUT2D eigenvalue weighted by Crippen LogP contribution is -2.14. The Bertz CT molecular complexity index is 907. The first-order chi connectivity index (χ1) is 12.8. The van der Waals surface area contributed by atoms with Crippen molar-refractivity contribution in [3.05, 3.63) is 77.5 Å². The number of rotatable bonds is 5. The summed E-state index contributed by atoms with van der Waals surface area (Å²) in [6, 6.07) is 14.9. The van der Waals surface area contributed by atoms with Crippen molar-refractivity contribution in [1.29, 1.82) is 0 Å². The van der Waals surface area contributed by atoms with Crippen LogP contribution in [0.3, 0.4) is 0 Å². The van der Waals surface area contributed by atoms with Crippen LogP contribution >= 0.6 is 11.8 Å². The van der Waals surface area contributed by atoms with Gasteiger partial charge in [-0.15, -0.1) is 0 Å². The predicted molar refractivity (Wildman–Crippen MR) is 103 cm³/mol. The second-order valence-corrected chi connectivity index (χ2v) is 7.97. The Morgan fingerprint density at radius 3 is 2.22 bits per heavy atom. The average Bonchev–Trinajstić information content (AvgIpc) is 2.61. The number of hydrogen-bond acceptors (Lipinski definition) is 4. The van der Waals surface area contributed by atoms with Gasteiger partial charge in [-0.2, -0.15) is 4.98 Å². The van der Waals surface area contributed by atoms with Gasteiger partial charge in [-0.3, -0.25) is 0 Å². The van der Waals surface area contributed by atoms with Crippen molar-refractivity contribution in [3.63, 3.8) is 0 Å². The third kappa shape index (κ3) is 5.04. The zero-order valence-electron chi connectivity index (χ0n) is 15.4. The molecule has 0 spiro atoms. The topological polar surface area (TPSA) is 35.0 Å². The van der Waals surface area contributed by atoms with Crippen LogP contribution in [-0.4, -0.2) is 9.97 Å². The predicted octanol–water partition coefficient (Wildman–Crippen LogP) is 6.14. The van der Waals surface area contributed by atoms with Crippen LogP contribution in [0.25, 0.3) is 0 Å². The zero-order valence-corrected chi connectivity index (χ0v) is 16.2. The van der Waals surface area contributed by atoms with Gasteiger partial charge in [0.15, 0.2) is 5.16 Å². The number of hydrogen-bond donors (Lipinski definition) is 0. The lowest BCUT2D eigenvalue weighted by molar-refractivity contribution is 0.446. The van der Waals surface area contributed by atoms with E-state index in [9.17, 15) is 8.78 Å². The van der Waals surface area contributed by atoms with Crippen LogP contribution in [0.1, 0.15) is 32.0 Å². The molecule has 3 aromatic rings. The molecular formula is C21H20F2N2OS. The third-order valence-electron chi connectivity index (χ3n) is 3.82. The molecule has 0 aliphatic rings. The molecular weight excluding hydrogens is 366 g/mol. The minimum absolute atomic E-state index is 0.0118. The second kappa shape index (κ2) is 8.05. The Hall–Kier alpha value is -2.47. The van der Waals surface area contributed by atoms with Crippen molar-refractivity contribution in [2.45, 2.75) is 37.1 Å². The molecule has 27 heavy (non-hydrogen) atoms. The van der Waals surface area contributed by atoms with E-state index in [0.29, 0.717) is 16.8 Å². The molecule has 0 saturated heterocycles. The quantitative estimate of drug-likeness (QED) is 0.390. The fourth-order valence-electron chi connectivity index (χ4n) is 2.32. The highest BCUT2D eigenvalue weighted by atomic mass is 32.2. The molecule has 140 valence electrons. The summed E-state index contributed by atoms with van der Waals surface area (Å²) in [6.07, 6.45) is 0. The molecule has 0 N–H and O–H groups in total. The van der Waals surface area contributed by atoms with Crippen molar-refractivity contribution >= 4 is 11.8 Å². The standard InChI is InChI=1S/C21H20F2N2OS/c1-21(2,3)18-12-19(26-14-8-5-4-6-9-14)25-20(24-18)27-13-15-16(22)10-7-11-17(15)23/h4-12H,13H2,1-3H3. The van der Waals surface area contributed by atoms with Crippen LogP contribution in [0, 0.1) is 11.6 Å². The lowest BCUT2D eigenvalue weighted by atomic mass is 9.92. The molecule has 1 heterocycles. The Labute approximate surface area is 161 Å². The van der Waals surface area contributed by atoms with E-state index in [0.717, 1.165) is 5.69 Å². The van der Waals surface area contributed by atoms with Crippen LogP contribution in [0.4, 0.5) is 8.78 Å². The minimum atomic E-state index is -0.574. The van der Waals surface area contributed by atoms with Gasteiger partial charge in [0.1, 0.15) is 17.4 Å². The van der Waals surface area contributed by atoms with Crippen molar-refractivity contribution in [2.75, 3.05) is 0 Å². The van der Waals surface area contributed by atoms with E-state index in [-0.39, 0.29) is 16.7 Å². The van der Waals surface area contributed by atoms with E-state index in [1.54, 1.807) is 6.07 Å². The summed E-state index contributed by atoms with van der Waals surface area (Å²) in [7, 11) is 0. The highest BCUT2D eigenvalue weighted by Gasteiger charge is 2.19. The second-order valence-electron chi connectivity index (χ2n) is 7.03. The van der Waals surface area contributed by atoms with Crippen LogP contribution in [-0.2, 0) is 11.2 Å². The van der Waals surface area contributed by atoms with Crippen molar-refractivity contribution in [2.24, 2.45) is 0 Å². The maximum atomic E-state index is 13.9. The van der Waals surface area contributed by atoms with Crippen LogP contribution in [0.5, 0.6) is 11.6 Å². The van der Waals surface area contributed by atoms with Crippen molar-refractivity contribution in [1.82, 2.24) is 9.97 Å². The minimum Gasteiger partial charge on any atom is -0.439 e. The maximum Gasteiger partial charge on any atom is 0.223 e. The molecule has 3 nitrogen and oxygen atoms in total. The molecule has 0 bridgehead atoms. The molecule has 0 fully saturated rings. The van der Waals surface area contributed by atoms with E-state index in [1.807, 2.05) is 51.1 Å². The molecule has 0 amide bonds. The zero-order chi connectivity index (χ0) is 19.4. The van der Waals surface area contributed by atoms with Crippen LogP contribution in [0.15, 0.2) is 59.8 Å². The normalized spacial score (nSPS) is 11.4. The fraction of sp³-hybridized carbons (Fsp3) is 0.238. The number of thioether (sulfide) groups is 1. The molecule has 0 aliphatic carbocycles. The van der Waals surface area contributed by atoms with E-state index in [1.165, 1.54) is 30.0 Å². The SMILES string of the molecule is CC(C)(C)c1cc(Oc2ccccc2)nc(SCc2c(F)cccc2F)n1. The van der Waals surface area contributed by atoms with Gasteiger partial charge in [-0.1, -0.05) is 56.8 Å². The smallest absolute Gasteiger partial charge is 0.223 e. The highest BCUT2D eigenvalue weighted by Crippen LogP contribution is 2.30. The Morgan fingerprint density at radius 2 is 1.59 bits per heavy atom. The molecule has 3 rings (SSSR count). The van der Waals surface area contributed by atoms with E-state index < -0.39 is 11.6 Å². The van der Waals surface area contributed by atoms with E-state index in [4.69, 9.17) is 4.74 Å². The molecule has 0 saturated carbocycles. The summed E-state index contributed by atoms with van der Waals surface area (Å²) in [5, 5.41) is 0.413. The van der Waals surface area contributed by atoms with Crippen molar-refractivity contribution < 1.29 is 13.5 Å². The van der Waals surface area contributed by atoms with Crippen LogP contribution < -0.4 is 4.74 Å². The molecule has 2 aromatic carbocycles. The first-order valence-electron chi connectivity index (χ1n) is 8.51. The maximum absolute atomic E-state index is 13.9. The number of halogens is 2. The molecule has 1 aromatic heterocycles. The van der Waals surface area contributed by atoms with Gasteiger partial charge in [0.25, 0.3) is 0 Å². The molecule has 0 unspecified atom stereocenters. The van der Waals surface area contributed by atoms with Gasteiger partial charge in [0.05, 0.1) is 5.69 Å². The summed E-state index contributed by atoms with van der Waals surface area (Å²) in [4.78, 5) is 8.95. The van der Waals surface area contributed by atoms with Gasteiger partial charge in [-0.05, 0) is 24.3 Å². The first kappa shape index (κ1) is 19.3. The van der Waals surface area contributed by atoms with E-state index >= 15 is 0 Å². The van der Waals surface area contributed by atoms with Gasteiger partial charge in [-0.25, -0.2) is 13.8 Å². The Balaban J connectivity index is 1.88. The number of aromatic nitrogens is 2. The largest absolute Gasteiger partial charge is 0.439 e. The van der Waals surface area contributed by atoms with Gasteiger partial charge < -0.3 is 4.74 Å². The number of nitrogens with zero attached hydrogens (tertiary/aromatic N) is 2. The fourth-order valence-corrected chi connectivity index (χ4v) is 3.19. The Kier molecular flexibility index (Phi) is 5.75. The average molecular weight is 386 g/mol. The highest BCUT2D eigenvalue weighted by molar-refractivity contribution is 7.98. The number of para-hydroxylation sites is 1. The van der Waals surface area contributed by atoms with Gasteiger partial charge >= 0.3 is 0 Å². The number of ether oxygens (including phenoxy) is 1. The van der Waals surface area contributed by atoms with Crippen LogP contribution in [0.2, 0.25) is 0 Å². The van der Waals surface area contributed by atoms with E-state index in [2.05, 4.69) is 9.97 Å². The number of benzene rings is 2. The molecule has 6 heteroatoms. The summed E-state index contributed by atoms with van der Waals surface area (Å²) in [5.74, 6) is 0.00640. The Morgan fingerprint density at radius 1 is 0.926 bits per heavy atom. The molecule has 0 aliphatic heterocycles. The summed E-state index contributed by atoms with van der Waals surface area (Å²) in [5.41, 5.74) is 0.578. The summed E-state index contributed by atoms with van der Waals surface area (Å²) >= 11 is 1.17. The lowest BCUT2D eigenvalue weighted by Gasteiger charge is -2.19. The first-order valence-corrected chi connectivity index (χ1v) is 9.49. The third-order valence-corrected chi connectivity index (χ3v) is 4.70. The molecule has 0 atom stereocenters. The van der Waals surface area contributed by atoms with Gasteiger partial charge in [0.2, 0.25) is 5.88 Å². The summed E-state index contributed by atoms with van der Waals surface area (Å²) in [6.45, 7) is 6.10. The van der Waals surface area contributed by atoms with Gasteiger partial charge in [0, 0.05) is 22.8 Å².